The van der Waals surface area contributed by atoms with E-state index >= 15 is 0 Å². The number of carbonyl (C=O) groups excluding carboxylic acids is 2. The molecule has 0 saturated carbocycles. The summed E-state index contributed by atoms with van der Waals surface area (Å²) < 4.78 is 4.88. The van der Waals surface area contributed by atoms with E-state index in [1.807, 2.05) is 0 Å². The highest BCUT2D eigenvalue weighted by atomic mass is 79.9. The van der Waals surface area contributed by atoms with Gasteiger partial charge in [-0.05, 0) is 35.0 Å². The van der Waals surface area contributed by atoms with Crippen molar-refractivity contribution in [3.63, 3.8) is 0 Å². The van der Waals surface area contributed by atoms with Gasteiger partial charge < -0.3 is 15.8 Å². The Balaban J connectivity index is 2.83. The van der Waals surface area contributed by atoms with Crippen LogP contribution in [0.3, 0.4) is 0 Å². The van der Waals surface area contributed by atoms with Crippen molar-refractivity contribution in [2.45, 2.75) is 13.0 Å². The molecule has 0 radical (unpaired) electrons. The van der Waals surface area contributed by atoms with Crippen molar-refractivity contribution in [3.05, 3.63) is 32.8 Å². The molecule has 108 valence electrons. The first-order chi connectivity index (χ1) is 9.36. The van der Waals surface area contributed by atoms with Crippen LogP contribution in [0.4, 0.5) is 11.4 Å². The maximum absolute atomic E-state index is 11.7. The van der Waals surface area contributed by atoms with Gasteiger partial charge in [-0.3, -0.25) is 14.9 Å². The summed E-state index contributed by atoms with van der Waals surface area (Å²) in [6.45, 7) is 1.68. The Morgan fingerprint density at radius 3 is 2.75 bits per heavy atom. The van der Waals surface area contributed by atoms with E-state index in [0.29, 0.717) is 0 Å². The summed E-state index contributed by atoms with van der Waals surface area (Å²) in [5.74, 6) is -1.67. The highest BCUT2D eigenvalue weighted by Gasteiger charge is 2.24. The Labute approximate surface area is 122 Å². The Morgan fingerprint density at radius 2 is 2.20 bits per heavy atom. The van der Waals surface area contributed by atoms with E-state index in [-0.39, 0.29) is 22.5 Å². The highest BCUT2D eigenvalue weighted by Crippen LogP contribution is 2.27. The molecule has 0 aromatic heterocycles. The Hall–Kier alpha value is -2.00. The molecule has 0 aliphatic rings. The second kappa shape index (κ2) is 6.96. The predicted molar refractivity (Wildman–Crippen MR) is 74.0 cm³/mol. The van der Waals surface area contributed by atoms with Gasteiger partial charge in [0, 0.05) is 11.8 Å². The van der Waals surface area contributed by atoms with Crippen molar-refractivity contribution >= 4 is 39.2 Å². The average Bonchev–Trinajstić information content (AvgIpc) is 2.39. The summed E-state index contributed by atoms with van der Waals surface area (Å²) in [5, 5.41) is 13.1. The minimum Gasteiger partial charge on any atom is -0.464 e. The molecular weight excluding hydrogens is 334 g/mol. The van der Waals surface area contributed by atoms with Gasteiger partial charge in [-0.2, -0.15) is 0 Å². The van der Waals surface area contributed by atoms with Crippen LogP contribution in [-0.2, 0) is 14.3 Å². The number of nitrogens with one attached hydrogen (secondary N) is 1. The quantitative estimate of drug-likeness (QED) is 0.357. The van der Waals surface area contributed by atoms with E-state index in [0.717, 1.165) is 6.07 Å². The molecule has 20 heavy (non-hydrogen) atoms. The number of esters is 1. The molecule has 0 spiro atoms. The first-order valence-corrected chi connectivity index (χ1v) is 6.33. The Bertz CT molecular complexity index is 549. The van der Waals surface area contributed by atoms with Gasteiger partial charge in [0.25, 0.3) is 11.6 Å². The molecule has 0 heterocycles. The third-order valence-electron chi connectivity index (χ3n) is 2.23. The first-order valence-electron chi connectivity index (χ1n) is 5.53. The zero-order valence-corrected chi connectivity index (χ0v) is 12.0. The molecule has 0 saturated heterocycles. The summed E-state index contributed by atoms with van der Waals surface area (Å²) in [5.41, 5.74) is 5.33. The van der Waals surface area contributed by atoms with Crippen LogP contribution in [0.2, 0.25) is 0 Å². The first kappa shape index (κ1) is 16.1. The van der Waals surface area contributed by atoms with Gasteiger partial charge in [-0.1, -0.05) is 0 Å². The van der Waals surface area contributed by atoms with Crippen molar-refractivity contribution < 1.29 is 19.2 Å². The van der Waals surface area contributed by atoms with Gasteiger partial charge in [0.1, 0.15) is 0 Å². The van der Waals surface area contributed by atoms with Gasteiger partial charge in [0.05, 0.1) is 16.0 Å². The fourth-order valence-electron chi connectivity index (χ4n) is 1.29. The molecule has 0 fully saturated rings. The van der Waals surface area contributed by atoms with Crippen LogP contribution in [0, 0.1) is 10.1 Å². The summed E-state index contributed by atoms with van der Waals surface area (Å²) >= 11 is 3.02. The number of ether oxygens (including phenoxy) is 1. The fraction of sp³-hybridized carbons (Fsp3) is 0.273. The van der Waals surface area contributed by atoms with Crippen LogP contribution in [0.5, 0.6) is 0 Å². The molecule has 9 heteroatoms. The number of nitrogens with zero attached hydrogens (tertiary/aromatic N) is 1. The lowest BCUT2D eigenvalue weighted by Crippen LogP contribution is -2.43. The van der Waals surface area contributed by atoms with Crippen molar-refractivity contribution in [2.24, 2.45) is 5.73 Å². The third-order valence-corrected chi connectivity index (χ3v) is 2.90. The van der Waals surface area contributed by atoms with Crippen LogP contribution in [0.1, 0.15) is 6.92 Å². The van der Waals surface area contributed by atoms with Crippen LogP contribution >= 0.6 is 15.9 Å². The van der Waals surface area contributed by atoms with E-state index in [2.05, 4.69) is 26.0 Å². The summed E-state index contributed by atoms with van der Waals surface area (Å²) in [6, 6.07) is 2.51. The number of halogens is 1. The number of nitrogens with two attached hydrogens (primary N) is 1. The standard InChI is InChI=1S/C11H12BrN3O5/c1-2-20-11(17)9(13)10(16)14-6-3-4-7(12)8(5-6)15(18)19/h3-5,9H,2,13H2,1H3,(H,14,16). The number of anilines is 1. The van der Waals surface area contributed by atoms with Crippen molar-refractivity contribution in [1.82, 2.24) is 0 Å². The molecule has 0 aliphatic heterocycles. The zero-order chi connectivity index (χ0) is 15.3. The summed E-state index contributed by atoms with van der Waals surface area (Å²) in [7, 11) is 0. The number of rotatable bonds is 5. The molecule has 1 atom stereocenters. The lowest BCUT2D eigenvalue weighted by molar-refractivity contribution is -0.385. The van der Waals surface area contributed by atoms with E-state index in [1.54, 1.807) is 6.92 Å². The minimum atomic E-state index is -1.49. The summed E-state index contributed by atoms with van der Waals surface area (Å²) in [6.07, 6.45) is 0. The highest BCUT2D eigenvalue weighted by molar-refractivity contribution is 9.10. The van der Waals surface area contributed by atoms with Gasteiger partial charge >= 0.3 is 5.97 Å². The number of hydrogen-bond donors (Lipinski definition) is 2. The third kappa shape index (κ3) is 4.00. The maximum Gasteiger partial charge on any atom is 0.332 e. The normalized spacial score (nSPS) is 11.6. The van der Waals surface area contributed by atoms with Crippen molar-refractivity contribution in [1.29, 1.82) is 0 Å². The molecular formula is C11H12BrN3O5. The molecule has 1 amide bonds. The van der Waals surface area contributed by atoms with Crippen LogP contribution < -0.4 is 11.1 Å². The lowest BCUT2D eigenvalue weighted by atomic mass is 10.2. The summed E-state index contributed by atoms with van der Waals surface area (Å²) in [4.78, 5) is 33.1. The number of hydrogen-bond acceptors (Lipinski definition) is 6. The maximum atomic E-state index is 11.7. The zero-order valence-electron chi connectivity index (χ0n) is 10.5. The molecule has 0 bridgehead atoms. The fourth-order valence-corrected chi connectivity index (χ4v) is 1.68. The molecule has 1 aromatic rings. The van der Waals surface area contributed by atoms with Crippen molar-refractivity contribution in [2.75, 3.05) is 11.9 Å². The van der Waals surface area contributed by atoms with E-state index in [4.69, 9.17) is 5.73 Å². The van der Waals surface area contributed by atoms with Gasteiger partial charge in [-0.15, -0.1) is 0 Å². The van der Waals surface area contributed by atoms with Gasteiger partial charge in [0.2, 0.25) is 0 Å². The van der Waals surface area contributed by atoms with Crippen molar-refractivity contribution in [3.8, 4) is 0 Å². The Morgan fingerprint density at radius 1 is 1.55 bits per heavy atom. The van der Waals surface area contributed by atoms with Gasteiger partial charge in [0.15, 0.2) is 6.04 Å². The largest absolute Gasteiger partial charge is 0.464 e. The van der Waals surface area contributed by atoms with Crippen LogP contribution in [-0.4, -0.2) is 29.4 Å². The molecule has 8 nitrogen and oxygen atoms in total. The molecule has 1 rings (SSSR count). The Kier molecular flexibility index (Phi) is 5.59. The van der Waals surface area contributed by atoms with E-state index in [9.17, 15) is 19.7 Å². The van der Waals surface area contributed by atoms with Crippen LogP contribution in [0.25, 0.3) is 0 Å². The second-order valence-electron chi connectivity index (χ2n) is 3.64. The number of nitro groups is 1. The topological polar surface area (TPSA) is 125 Å². The monoisotopic (exact) mass is 345 g/mol. The average molecular weight is 346 g/mol. The van der Waals surface area contributed by atoms with Crippen LogP contribution in [0.15, 0.2) is 22.7 Å². The SMILES string of the molecule is CCOC(=O)C(N)C(=O)Nc1ccc(Br)c([N+](=O)[O-])c1. The second-order valence-corrected chi connectivity index (χ2v) is 4.50. The lowest BCUT2D eigenvalue weighted by Gasteiger charge is -2.11. The molecule has 1 unspecified atom stereocenters. The number of carbonyl (C=O) groups is 2. The minimum absolute atomic E-state index is 0.101. The molecule has 3 N–H and O–H groups in total. The number of benzene rings is 1. The molecule has 1 aromatic carbocycles. The smallest absolute Gasteiger partial charge is 0.332 e. The van der Waals surface area contributed by atoms with E-state index in [1.165, 1.54) is 12.1 Å². The van der Waals surface area contributed by atoms with E-state index < -0.39 is 22.8 Å². The predicted octanol–water partition coefficient (Wildman–Crippen LogP) is 1.19. The number of nitro benzene ring substituents is 1. The number of amides is 1. The molecule has 0 aliphatic carbocycles. The van der Waals surface area contributed by atoms with Gasteiger partial charge in [-0.25, -0.2) is 4.79 Å².